The molecule has 0 saturated heterocycles. The van der Waals surface area contributed by atoms with Crippen molar-refractivity contribution >= 4 is 31.3 Å². The van der Waals surface area contributed by atoms with E-state index in [-0.39, 0.29) is 0 Å². The third-order valence-corrected chi connectivity index (χ3v) is 16.9. The number of benzene rings is 2. The van der Waals surface area contributed by atoms with Gasteiger partial charge in [-0.1, -0.05) is 229 Å². The number of unbranched alkanes of at least 4 members (excludes halogenated alkanes) is 22. The molecule has 0 amide bonds. The molecule has 0 radical (unpaired) electrons. The van der Waals surface area contributed by atoms with E-state index in [4.69, 9.17) is 9.05 Å². The van der Waals surface area contributed by atoms with E-state index >= 15 is 0 Å². The molecule has 3 unspecified atom stereocenters. The van der Waals surface area contributed by atoms with E-state index in [9.17, 15) is 4.57 Å². The van der Waals surface area contributed by atoms with Crippen LogP contribution in [0.15, 0.2) is 60.7 Å². The molecule has 2 aromatic carbocycles. The topological polar surface area (TPSA) is 47.6 Å². The largest absolute Gasteiger partial charge is 0.405 e. The molecule has 0 saturated carbocycles. The fraction of sp³-hybridized carbons (Fsp3) is 0.782. The minimum Gasteiger partial charge on any atom is -0.330 e. The van der Waals surface area contributed by atoms with Crippen LogP contribution in [0.3, 0.4) is 0 Å². The zero-order chi connectivity index (χ0) is 45.4. The van der Waals surface area contributed by atoms with Gasteiger partial charge >= 0.3 is 7.75 Å². The van der Waals surface area contributed by atoms with Gasteiger partial charge in [0.1, 0.15) is 0 Å². The maximum atomic E-state index is 13.8. The Kier molecular flexibility index (Phi) is 37.3. The quantitative estimate of drug-likeness (QED) is 0.0405. The first-order valence-corrected chi connectivity index (χ1v) is 30.1. The standard InChI is InChI=1S/C55H100N2O3PS2/c1-6-8-10-12-15-21-33-43-55(63-51-53-40-30-27-31-41-53)45-35-23-17-19-25-37-49-60-61(58,56-46-47-57(3,4)5)59-48-36-24-18-14-16-22-34-44-54(42-32-20-13-11-9-7-2)62-50-52-38-28-26-29-39-52/h26-31,38-41,54-55H,6-25,32-37,42-51H2,1-5H3,(H,56,58)/q+1. The SMILES string of the molecule is CCCCCCCCCC(CCCCCCCCOP(=O)(NCC[N+](C)(C)C)OCCCCCCCCCC(CCCCCCCC)SCc1ccccc1)SCc1ccccc1. The highest BCUT2D eigenvalue weighted by molar-refractivity contribution is 7.99. The predicted molar refractivity (Wildman–Crippen MR) is 283 cm³/mol. The highest BCUT2D eigenvalue weighted by Gasteiger charge is 2.25. The van der Waals surface area contributed by atoms with Gasteiger partial charge in [0.05, 0.1) is 47.4 Å². The average molecular weight is 933 g/mol. The summed E-state index contributed by atoms with van der Waals surface area (Å²) in [5.41, 5.74) is 2.91. The molecule has 364 valence electrons. The predicted octanol–water partition coefficient (Wildman–Crippen LogP) is 17.8. The second-order valence-electron chi connectivity index (χ2n) is 19.6. The van der Waals surface area contributed by atoms with Crippen molar-refractivity contribution < 1.29 is 18.1 Å². The Morgan fingerprint density at radius 1 is 0.476 bits per heavy atom. The van der Waals surface area contributed by atoms with Gasteiger partial charge in [-0.25, -0.2) is 9.65 Å². The van der Waals surface area contributed by atoms with Crippen LogP contribution in [0.5, 0.6) is 0 Å². The molecule has 8 heteroatoms. The molecule has 0 bridgehead atoms. The van der Waals surface area contributed by atoms with Crippen LogP contribution in [0.2, 0.25) is 0 Å². The highest BCUT2D eigenvalue weighted by atomic mass is 32.2. The summed E-state index contributed by atoms with van der Waals surface area (Å²) in [4.78, 5) is 0. The van der Waals surface area contributed by atoms with Crippen molar-refractivity contribution in [3.05, 3.63) is 71.8 Å². The van der Waals surface area contributed by atoms with E-state index in [1.807, 2.05) is 0 Å². The molecular weight excluding hydrogens is 832 g/mol. The van der Waals surface area contributed by atoms with Crippen molar-refractivity contribution in [2.24, 2.45) is 0 Å². The van der Waals surface area contributed by atoms with E-state index in [1.165, 1.54) is 178 Å². The zero-order valence-electron chi connectivity index (χ0n) is 41.8. The molecule has 3 atom stereocenters. The van der Waals surface area contributed by atoms with Gasteiger partial charge < -0.3 is 4.48 Å². The third-order valence-electron chi connectivity index (χ3n) is 12.4. The minimum atomic E-state index is -3.32. The van der Waals surface area contributed by atoms with Crippen molar-refractivity contribution in [2.45, 2.75) is 228 Å². The van der Waals surface area contributed by atoms with Gasteiger partial charge in [-0.15, -0.1) is 0 Å². The highest BCUT2D eigenvalue weighted by Crippen LogP contribution is 2.44. The van der Waals surface area contributed by atoms with E-state index in [1.54, 1.807) is 0 Å². The molecule has 0 spiro atoms. The van der Waals surface area contributed by atoms with Crippen LogP contribution in [0.4, 0.5) is 0 Å². The van der Waals surface area contributed by atoms with Gasteiger partial charge in [0, 0.05) is 22.0 Å². The molecule has 0 aliphatic carbocycles. The van der Waals surface area contributed by atoms with Gasteiger partial charge in [0.2, 0.25) is 0 Å². The summed E-state index contributed by atoms with van der Waals surface area (Å²) in [6.45, 7) is 7.08. The number of hydrogen-bond acceptors (Lipinski definition) is 5. The van der Waals surface area contributed by atoms with Gasteiger partial charge in [0.15, 0.2) is 0 Å². The van der Waals surface area contributed by atoms with Gasteiger partial charge in [-0.2, -0.15) is 23.5 Å². The molecule has 0 aromatic heterocycles. The molecule has 63 heavy (non-hydrogen) atoms. The number of nitrogens with one attached hydrogen (secondary N) is 1. The Morgan fingerprint density at radius 2 is 0.794 bits per heavy atom. The van der Waals surface area contributed by atoms with E-state index < -0.39 is 7.75 Å². The first-order valence-electron chi connectivity index (χ1n) is 26.5. The van der Waals surface area contributed by atoms with Crippen LogP contribution in [-0.2, 0) is 25.1 Å². The van der Waals surface area contributed by atoms with Crippen molar-refractivity contribution in [1.29, 1.82) is 0 Å². The minimum absolute atomic E-state index is 0.496. The summed E-state index contributed by atoms with van der Waals surface area (Å²) in [5.74, 6) is 2.28. The molecule has 1 N–H and O–H groups in total. The Labute approximate surface area is 400 Å². The molecule has 0 aliphatic heterocycles. The molecule has 5 nitrogen and oxygen atoms in total. The maximum Gasteiger partial charge on any atom is 0.405 e. The third kappa shape index (κ3) is 36.0. The summed E-state index contributed by atoms with van der Waals surface area (Å²) in [6.07, 6.45) is 39.2. The monoisotopic (exact) mass is 932 g/mol. The first-order chi connectivity index (χ1) is 30.7. The average Bonchev–Trinajstić information content (AvgIpc) is 3.27. The lowest BCUT2D eigenvalue weighted by Gasteiger charge is -2.25. The van der Waals surface area contributed by atoms with E-state index in [0.29, 0.717) is 19.8 Å². The fourth-order valence-corrected chi connectivity index (χ4v) is 12.2. The first kappa shape index (κ1) is 58.3. The van der Waals surface area contributed by atoms with Gasteiger partial charge in [0.25, 0.3) is 0 Å². The number of likely N-dealkylation sites (N-methyl/N-ethyl adjacent to an activating group) is 1. The number of quaternary nitrogens is 1. The van der Waals surface area contributed by atoms with E-state index in [2.05, 4.69) is 124 Å². The lowest BCUT2D eigenvalue weighted by atomic mass is 10.0. The van der Waals surface area contributed by atoms with Crippen LogP contribution in [0.1, 0.15) is 218 Å². The van der Waals surface area contributed by atoms with Crippen molar-refractivity contribution in [3.8, 4) is 0 Å². The second-order valence-corrected chi connectivity index (χ2v) is 24.0. The Morgan fingerprint density at radius 3 is 1.13 bits per heavy atom. The number of thioether (sulfide) groups is 2. The van der Waals surface area contributed by atoms with Crippen LogP contribution >= 0.6 is 31.3 Å². The smallest absolute Gasteiger partial charge is 0.330 e. The summed E-state index contributed by atoms with van der Waals surface area (Å²) in [7, 11) is 3.17. The summed E-state index contributed by atoms with van der Waals surface area (Å²) in [5, 5.41) is 4.76. The van der Waals surface area contributed by atoms with Crippen molar-refractivity contribution in [2.75, 3.05) is 47.4 Å². The summed E-state index contributed by atoms with van der Waals surface area (Å²) < 4.78 is 26.7. The van der Waals surface area contributed by atoms with Crippen LogP contribution < -0.4 is 5.09 Å². The summed E-state index contributed by atoms with van der Waals surface area (Å²) >= 11 is 4.38. The normalized spacial score (nSPS) is 13.9. The number of rotatable bonds is 46. The maximum absolute atomic E-state index is 13.8. The van der Waals surface area contributed by atoms with Gasteiger partial charge in [-0.3, -0.25) is 9.05 Å². The van der Waals surface area contributed by atoms with Crippen LogP contribution in [0.25, 0.3) is 0 Å². The Bertz CT molecular complexity index is 1310. The van der Waals surface area contributed by atoms with Crippen molar-refractivity contribution in [3.63, 3.8) is 0 Å². The molecule has 0 fully saturated rings. The molecule has 0 heterocycles. The Hall–Kier alpha value is -0.790. The van der Waals surface area contributed by atoms with Gasteiger partial charge in [-0.05, 0) is 49.7 Å². The fourth-order valence-electron chi connectivity index (χ4n) is 8.24. The lowest BCUT2D eigenvalue weighted by Crippen LogP contribution is -2.40. The number of hydrogen-bond donors (Lipinski definition) is 1. The van der Waals surface area contributed by atoms with Crippen LogP contribution in [0, 0.1) is 0 Å². The zero-order valence-corrected chi connectivity index (χ0v) is 44.3. The summed E-state index contributed by atoms with van der Waals surface area (Å²) in [6, 6.07) is 22.0. The Balaban J connectivity index is 1.61. The van der Waals surface area contributed by atoms with Crippen molar-refractivity contribution in [1.82, 2.24) is 5.09 Å². The lowest BCUT2D eigenvalue weighted by molar-refractivity contribution is -0.869. The molecule has 2 aromatic rings. The molecule has 0 aliphatic rings. The van der Waals surface area contributed by atoms with Crippen LogP contribution in [-0.4, -0.2) is 62.4 Å². The molecule has 2 rings (SSSR count). The second kappa shape index (κ2) is 40.3. The molecular formula is C55H100N2O3PS2+. The van der Waals surface area contributed by atoms with E-state index in [0.717, 1.165) is 58.7 Å². The number of nitrogens with zero attached hydrogens (tertiary/aromatic N) is 1.